The minimum absolute atomic E-state index is 0.129. The monoisotopic (exact) mass is 219 g/mol. The lowest BCUT2D eigenvalue weighted by Gasteiger charge is -2.37. The average Bonchev–Trinajstić information content (AvgIpc) is 2.31. The van der Waals surface area contributed by atoms with Crippen molar-refractivity contribution < 1.29 is 5.11 Å². The van der Waals surface area contributed by atoms with Gasteiger partial charge in [0.25, 0.3) is 0 Å². The van der Waals surface area contributed by atoms with E-state index in [4.69, 9.17) is 5.73 Å². The van der Waals surface area contributed by atoms with Crippen LogP contribution < -0.4 is 5.73 Å². The highest BCUT2D eigenvalue weighted by molar-refractivity contribution is 5.17. The topological polar surface area (TPSA) is 46.2 Å². The largest absolute Gasteiger partial charge is 0.388 e. The molecule has 0 heterocycles. The highest BCUT2D eigenvalue weighted by atomic mass is 16.3. The predicted octanol–water partition coefficient (Wildman–Crippen LogP) is 2.25. The van der Waals surface area contributed by atoms with E-state index in [2.05, 4.69) is 12.1 Å². The summed E-state index contributed by atoms with van der Waals surface area (Å²) in [6, 6.07) is 10.1. The zero-order valence-electron chi connectivity index (χ0n) is 9.73. The van der Waals surface area contributed by atoms with E-state index in [0.29, 0.717) is 0 Å². The van der Waals surface area contributed by atoms with Gasteiger partial charge in [-0.3, -0.25) is 0 Å². The zero-order chi connectivity index (χ0) is 11.4. The van der Waals surface area contributed by atoms with Crippen LogP contribution >= 0.6 is 0 Å². The molecule has 0 amide bonds. The molecular formula is C14H21NO. The third-order valence-electron chi connectivity index (χ3n) is 3.71. The summed E-state index contributed by atoms with van der Waals surface area (Å²) in [6.07, 6.45) is 5.96. The molecule has 0 aromatic heterocycles. The van der Waals surface area contributed by atoms with Crippen LogP contribution in [0.5, 0.6) is 0 Å². The number of hydrogen-bond acceptors (Lipinski definition) is 2. The maximum atomic E-state index is 10.5. The van der Waals surface area contributed by atoms with E-state index in [1.807, 2.05) is 18.2 Å². The lowest BCUT2D eigenvalue weighted by Crippen LogP contribution is -2.50. The van der Waals surface area contributed by atoms with Crippen molar-refractivity contribution in [3.63, 3.8) is 0 Å². The minimum Gasteiger partial charge on any atom is -0.388 e. The van der Waals surface area contributed by atoms with Crippen molar-refractivity contribution in [2.75, 3.05) is 0 Å². The Morgan fingerprint density at radius 3 is 2.38 bits per heavy atom. The Bertz CT molecular complexity index is 317. The van der Waals surface area contributed by atoms with Gasteiger partial charge in [-0.2, -0.15) is 0 Å². The van der Waals surface area contributed by atoms with Gasteiger partial charge in [0.05, 0.1) is 5.60 Å². The molecule has 0 aliphatic heterocycles. The van der Waals surface area contributed by atoms with E-state index in [1.54, 1.807) is 0 Å². The molecule has 16 heavy (non-hydrogen) atoms. The highest BCUT2D eigenvalue weighted by Crippen LogP contribution is 2.31. The maximum absolute atomic E-state index is 10.5. The van der Waals surface area contributed by atoms with Crippen molar-refractivity contribution >= 4 is 0 Å². The quantitative estimate of drug-likeness (QED) is 0.819. The first-order valence-corrected chi connectivity index (χ1v) is 6.23. The third kappa shape index (κ3) is 2.63. The Morgan fingerprint density at radius 2 is 1.75 bits per heavy atom. The molecule has 2 heteroatoms. The summed E-state index contributed by atoms with van der Waals surface area (Å²) in [5, 5.41) is 10.5. The summed E-state index contributed by atoms with van der Waals surface area (Å²) < 4.78 is 0. The fourth-order valence-corrected chi connectivity index (χ4v) is 2.59. The summed E-state index contributed by atoms with van der Waals surface area (Å²) >= 11 is 0. The normalized spacial score (nSPS) is 21.6. The Morgan fingerprint density at radius 1 is 1.12 bits per heavy atom. The van der Waals surface area contributed by atoms with E-state index < -0.39 is 5.60 Å². The molecule has 0 radical (unpaired) electrons. The van der Waals surface area contributed by atoms with Gasteiger partial charge in [-0.05, 0) is 24.8 Å². The second-order valence-electron chi connectivity index (χ2n) is 4.96. The first-order chi connectivity index (χ1) is 7.71. The predicted molar refractivity (Wildman–Crippen MR) is 66.2 cm³/mol. The van der Waals surface area contributed by atoms with Gasteiger partial charge in [0.15, 0.2) is 0 Å². The van der Waals surface area contributed by atoms with Crippen molar-refractivity contribution in [3.8, 4) is 0 Å². The van der Waals surface area contributed by atoms with Crippen molar-refractivity contribution in [1.82, 2.24) is 0 Å². The van der Waals surface area contributed by atoms with Crippen LogP contribution in [0.15, 0.2) is 30.3 Å². The fraction of sp³-hybridized carbons (Fsp3) is 0.571. The second kappa shape index (κ2) is 4.98. The lowest BCUT2D eigenvalue weighted by atomic mass is 9.78. The molecule has 1 saturated carbocycles. The van der Waals surface area contributed by atoms with Gasteiger partial charge in [0, 0.05) is 6.04 Å². The summed E-state index contributed by atoms with van der Waals surface area (Å²) in [4.78, 5) is 0. The molecule has 0 saturated heterocycles. The van der Waals surface area contributed by atoms with Crippen molar-refractivity contribution in [1.29, 1.82) is 0 Å². The van der Waals surface area contributed by atoms with E-state index in [0.717, 1.165) is 32.1 Å². The van der Waals surface area contributed by atoms with Crippen LogP contribution in [0.3, 0.4) is 0 Å². The van der Waals surface area contributed by atoms with Crippen molar-refractivity contribution in [3.05, 3.63) is 35.9 Å². The van der Waals surface area contributed by atoms with E-state index in [1.165, 1.54) is 12.0 Å². The Hall–Kier alpha value is -0.860. The Labute approximate surface area is 97.5 Å². The number of nitrogens with two attached hydrogens (primary N) is 1. The first-order valence-electron chi connectivity index (χ1n) is 6.23. The van der Waals surface area contributed by atoms with Gasteiger partial charge < -0.3 is 10.8 Å². The molecule has 2 rings (SSSR count). The summed E-state index contributed by atoms with van der Waals surface area (Å²) in [7, 11) is 0. The van der Waals surface area contributed by atoms with E-state index in [9.17, 15) is 5.11 Å². The average molecular weight is 219 g/mol. The van der Waals surface area contributed by atoms with Gasteiger partial charge in [-0.1, -0.05) is 49.6 Å². The maximum Gasteiger partial charge on any atom is 0.0801 e. The van der Waals surface area contributed by atoms with Crippen LogP contribution in [0, 0.1) is 0 Å². The van der Waals surface area contributed by atoms with Crippen LogP contribution in [0.25, 0.3) is 0 Å². The molecule has 1 aromatic carbocycles. The molecule has 1 aliphatic rings. The van der Waals surface area contributed by atoms with Gasteiger partial charge in [0.2, 0.25) is 0 Å². The van der Waals surface area contributed by atoms with Crippen LogP contribution in [-0.2, 0) is 6.42 Å². The van der Waals surface area contributed by atoms with Gasteiger partial charge >= 0.3 is 0 Å². The smallest absolute Gasteiger partial charge is 0.0801 e. The molecule has 0 spiro atoms. The Balaban J connectivity index is 1.99. The third-order valence-corrected chi connectivity index (χ3v) is 3.71. The molecule has 1 atom stereocenters. The molecule has 2 nitrogen and oxygen atoms in total. The first kappa shape index (κ1) is 11.6. The number of rotatable bonds is 3. The SMILES string of the molecule is NC(Cc1ccccc1)C1(O)CCCCC1. The van der Waals surface area contributed by atoms with E-state index >= 15 is 0 Å². The molecule has 1 unspecified atom stereocenters. The van der Waals surface area contributed by atoms with Crippen LogP contribution in [-0.4, -0.2) is 16.7 Å². The van der Waals surface area contributed by atoms with Crippen molar-refractivity contribution in [2.45, 2.75) is 50.2 Å². The molecule has 88 valence electrons. The standard InChI is InChI=1S/C14H21NO/c15-13(11-12-7-3-1-4-8-12)14(16)9-5-2-6-10-14/h1,3-4,7-8,13,16H,2,5-6,9-11,15H2. The highest BCUT2D eigenvalue weighted by Gasteiger charge is 2.35. The van der Waals surface area contributed by atoms with Crippen LogP contribution in [0.4, 0.5) is 0 Å². The van der Waals surface area contributed by atoms with Crippen molar-refractivity contribution in [2.24, 2.45) is 5.73 Å². The molecule has 3 N–H and O–H groups in total. The lowest BCUT2D eigenvalue weighted by molar-refractivity contribution is -0.0192. The van der Waals surface area contributed by atoms with Crippen LogP contribution in [0.1, 0.15) is 37.7 Å². The fourth-order valence-electron chi connectivity index (χ4n) is 2.59. The summed E-state index contributed by atoms with van der Waals surface area (Å²) in [6.45, 7) is 0. The zero-order valence-corrected chi connectivity index (χ0v) is 9.73. The second-order valence-corrected chi connectivity index (χ2v) is 4.96. The van der Waals surface area contributed by atoms with Crippen LogP contribution in [0.2, 0.25) is 0 Å². The molecule has 1 aliphatic carbocycles. The number of aliphatic hydroxyl groups is 1. The van der Waals surface area contributed by atoms with Gasteiger partial charge in [0.1, 0.15) is 0 Å². The molecule has 1 aromatic rings. The van der Waals surface area contributed by atoms with Gasteiger partial charge in [-0.25, -0.2) is 0 Å². The van der Waals surface area contributed by atoms with Gasteiger partial charge in [-0.15, -0.1) is 0 Å². The molecule has 1 fully saturated rings. The minimum atomic E-state index is -0.631. The molecule has 0 bridgehead atoms. The number of hydrogen-bond donors (Lipinski definition) is 2. The summed E-state index contributed by atoms with van der Waals surface area (Å²) in [5.74, 6) is 0. The Kier molecular flexibility index (Phi) is 3.62. The molecular weight excluding hydrogens is 198 g/mol. The number of benzene rings is 1. The van der Waals surface area contributed by atoms with E-state index in [-0.39, 0.29) is 6.04 Å². The summed E-state index contributed by atoms with van der Waals surface area (Å²) in [5.41, 5.74) is 6.75.